The Morgan fingerprint density at radius 3 is 2.52 bits per heavy atom. The average Bonchev–Trinajstić information content (AvgIpc) is 3.07. The third-order valence-corrected chi connectivity index (χ3v) is 6.70. The number of aliphatic hydroxyl groups is 1. The molecule has 2 saturated carbocycles. The first kappa shape index (κ1) is 17.2. The van der Waals surface area contributed by atoms with Crippen LogP contribution in [0.2, 0.25) is 0 Å². The van der Waals surface area contributed by atoms with Crippen molar-refractivity contribution in [3.63, 3.8) is 0 Å². The molecule has 0 aromatic rings. The van der Waals surface area contributed by atoms with E-state index in [1.807, 2.05) is 11.8 Å². The highest BCUT2D eigenvalue weighted by atomic mass is 16.5. The lowest BCUT2D eigenvalue weighted by molar-refractivity contribution is -0.210. The largest absolute Gasteiger partial charge is 0.392 e. The highest BCUT2D eigenvalue weighted by Crippen LogP contribution is 2.51. The molecule has 3 rings (SSSR count). The fourth-order valence-corrected chi connectivity index (χ4v) is 5.12. The van der Waals surface area contributed by atoms with E-state index in [9.17, 15) is 9.90 Å². The molecule has 2 aliphatic carbocycles. The molecule has 1 heterocycles. The van der Waals surface area contributed by atoms with Gasteiger partial charge in [0.15, 0.2) is 0 Å². The topological polar surface area (TPSA) is 49.8 Å². The van der Waals surface area contributed by atoms with E-state index in [-0.39, 0.29) is 23.5 Å². The van der Waals surface area contributed by atoms with Gasteiger partial charge in [0.2, 0.25) is 5.91 Å². The van der Waals surface area contributed by atoms with E-state index >= 15 is 0 Å². The van der Waals surface area contributed by atoms with Crippen LogP contribution < -0.4 is 0 Å². The molecule has 4 nitrogen and oxygen atoms in total. The Morgan fingerprint density at radius 2 is 1.96 bits per heavy atom. The molecule has 1 amide bonds. The number of hydrogen-bond acceptors (Lipinski definition) is 3. The predicted octanol–water partition coefficient (Wildman–Crippen LogP) is 2.98. The second kappa shape index (κ2) is 7.10. The van der Waals surface area contributed by atoms with Crippen LogP contribution in [-0.4, -0.2) is 47.8 Å². The molecule has 1 spiro atoms. The SMILES string of the molecule is CCOC1CC(O)C12CCN(C(=O)C(C)CC1CCCC1)CC2. The molecule has 3 unspecified atom stereocenters. The molecule has 3 atom stereocenters. The van der Waals surface area contributed by atoms with Crippen molar-refractivity contribution in [3.05, 3.63) is 0 Å². The molecule has 1 aliphatic heterocycles. The van der Waals surface area contributed by atoms with Crippen molar-refractivity contribution in [2.24, 2.45) is 17.3 Å². The Morgan fingerprint density at radius 1 is 1.30 bits per heavy atom. The molecule has 1 N–H and O–H groups in total. The Kier molecular flexibility index (Phi) is 5.32. The molecule has 3 fully saturated rings. The minimum Gasteiger partial charge on any atom is -0.392 e. The van der Waals surface area contributed by atoms with Gasteiger partial charge in [-0.2, -0.15) is 0 Å². The molecular weight excluding hydrogens is 290 g/mol. The summed E-state index contributed by atoms with van der Waals surface area (Å²) in [7, 11) is 0. The zero-order valence-corrected chi connectivity index (χ0v) is 14.8. The number of carbonyl (C=O) groups is 1. The summed E-state index contributed by atoms with van der Waals surface area (Å²) in [6, 6.07) is 0. The molecule has 132 valence electrons. The highest BCUT2D eigenvalue weighted by Gasteiger charge is 2.56. The molecule has 0 aromatic carbocycles. The number of likely N-dealkylation sites (tertiary alicyclic amines) is 1. The van der Waals surface area contributed by atoms with E-state index in [1.165, 1.54) is 25.7 Å². The summed E-state index contributed by atoms with van der Waals surface area (Å²) < 4.78 is 5.81. The minimum atomic E-state index is -0.243. The zero-order chi connectivity index (χ0) is 16.4. The number of amides is 1. The van der Waals surface area contributed by atoms with Crippen molar-refractivity contribution in [2.45, 2.75) is 77.4 Å². The normalized spacial score (nSPS) is 32.0. The number of hydrogen-bond donors (Lipinski definition) is 1. The van der Waals surface area contributed by atoms with Crippen LogP contribution >= 0.6 is 0 Å². The fraction of sp³-hybridized carbons (Fsp3) is 0.947. The zero-order valence-electron chi connectivity index (χ0n) is 14.8. The summed E-state index contributed by atoms with van der Waals surface area (Å²) in [5.74, 6) is 1.25. The van der Waals surface area contributed by atoms with Crippen molar-refractivity contribution in [1.82, 2.24) is 4.90 Å². The summed E-state index contributed by atoms with van der Waals surface area (Å²) in [5, 5.41) is 10.3. The standard InChI is InChI=1S/C19H33NO3/c1-3-23-17-13-16(21)19(17)8-10-20(11-9-19)18(22)14(2)12-15-6-4-5-7-15/h14-17,21H,3-13H2,1-2H3. The Labute approximate surface area is 140 Å². The van der Waals surface area contributed by atoms with E-state index in [4.69, 9.17) is 4.74 Å². The van der Waals surface area contributed by atoms with Crippen LogP contribution in [0.5, 0.6) is 0 Å². The molecule has 0 aromatic heterocycles. The van der Waals surface area contributed by atoms with Crippen molar-refractivity contribution in [2.75, 3.05) is 19.7 Å². The van der Waals surface area contributed by atoms with E-state index in [0.717, 1.165) is 44.7 Å². The predicted molar refractivity (Wildman–Crippen MR) is 90.0 cm³/mol. The maximum Gasteiger partial charge on any atom is 0.225 e. The van der Waals surface area contributed by atoms with Crippen LogP contribution in [0.4, 0.5) is 0 Å². The third kappa shape index (κ3) is 3.30. The van der Waals surface area contributed by atoms with Gasteiger partial charge in [0.05, 0.1) is 12.2 Å². The maximum absolute atomic E-state index is 12.7. The van der Waals surface area contributed by atoms with Crippen LogP contribution in [0.25, 0.3) is 0 Å². The van der Waals surface area contributed by atoms with Gasteiger partial charge in [-0.25, -0.2) is 0 Å². The first-order chi connectivity index (χ1) is 11.1. The van der Waals surface area contributed by atoms with Crippen LogP contribution in [0.15, 0.2) is 0 Å². The van der Waals surface area contributed by atoms with E-state index in [1.54, 1.807) is 0 Å². The van der Waals surface area contributed by atoms with Gasteiger partial charge in [-0.05, 0) is 32.1 Å². The quantitative estimate of drug-likeness (QED) is 0.846. The number of ether oxygens (including phenoxy) is 1. The van der Waals surface area contributed by atoms with Gasteiger partial charge in [0.25, 0.3) is 0 Å². The maximum atomic E-state index is 12.7. The Hall–Kier alpha value is -0.610. The van der Waals surface area contributed by atoms with Gasteiger partial charge < -0.3 is 14.7 Å². The van der Waals surface area contributed by atoms with E-state index in [0.29, 0.717) is 12.5 Å². The molecule has 0 bridgehead atoms. The first-order valence-electron chi connectivity index (χ1n) is 9.65. The summed E-state index contributed by atoms with van der Waals surface area (Å²) >= 11 is 0. The van der Waals surface area contributed by atoms with Crippen LogP contribution in [0.3, 0.4) is 0 Å². The molecule has 3 aliphatic rings. The molecule has 1 saturated heterocycles. The second-order valence-electron chi connectivity index (χ2n) is 8.04. The van der Waals surface area contributed by atoms with Gasteiger partial charge in [-0.15, -0.1) is 0 Å². The minimum absolute atomic E-state index is 0.0819. The van der Waals surface area contributed by atoms with Crippen molar-refractivity contribution in [3.8, 4) is 0 Å². The summed E-state index contributed by atoms with van der Waals surface area (Å²) in [6.07, 6.45) is 8.85. The van der Waals surface area contributed by atoms with Crippen molar-refractivity contribution >= 4 is 5.91 Å². The Balaban J connectivity index is 1.50. The third-order valence-electron chi connectivity index (χ3n) is 6.70. The number of aliphatic hydroxyl groups excluding tert-OH is 1. The van der Waals surface area contributed by atoms with E-state index < -0.39 is 0 Å². The van der Waals surface area contributed by atoms with Crippen molar-refractivity contribution < 1.29 is 14.6 Å². The van der Waals surface area contributed by atoms with Gasteiger partial charge in [-0.1, -0.05) is 32.6 Å². The Bertz CT molecular complexity index is 409. The van der Waals surface area contributed by atoms with E-state index in [2.05, 4.69) is 6.92 Å². The van der Waals surface area contributed by atoms with Gasteiger partial charge >= 0.3 is 0 Å². The fourth-order valence-electron chi connectivity index (χ4n) is 5.12. The number of nitrogens with zero attached hydrogens (tertiary/aromatic N) is 1. The lowest BCUT2D eigenvalue weighted by Gasteiger charge is -2.56. The van der Waals surface area contributed by atoms with Crippen LogP contribution in [0.1, 0.15) is 65.2 Å². The lowest BCUT2D eigenvalue weighted by Crippen LogP contribution is -2.63. The lowest BCUT2D eigenvalue weighted by atomic mass is 9.58. The summed E-state index contributed by atoms with van der Waals surface area (Å²) in [4.78, 5) is 14.8. The molecular formula is C19H33NO3. The van der Waals surface area contributed by atoms with Crippen LogP contribution in [-0.2, 0) is 9.53 Å². The molecule has 23 heavy (non-hydrogen) atoms. The first-order valence-corrected chi connectivity index (χ1v) is 9.65. The highest BCUT2D eigenvalue weighted by molar-refractivity contribution is 5.78. The second-order valence-corrected chi connectivity index (χ2v) is 8.04. The van der Waals surface area contributed by atoms with Gasteiger partial charge in [-0.3, -0.25) is 4.79 Å². The molecule has 0 radical (unpaired) electrons. The number of piperidine rings is 1. The smallest absolute Gasteiger partial charge is 0.225 e. The summed E-state index contributed by atoms with van der Waals surface area (Å²) in [5.41, 5.74) is -0.0819. The van der Waals surface area contributed by atoms with Crippen LogP contribution in [0, 0.1) is 17.3 Å². The van der Waals surface area contributed by atoms with Gasteiger partial charge in [0.1, 0.15) is 0 Å². The van der Waals surface area contributed by atoms with Gasteiger partial charge in [0, 0.05) is 37.5 Å². The van der Waals surface area contributed by atoms with Crippen molar-refractivity contribution in [1.29, 1.82) is 0 Å². The summed E-state index contributed by atoms with van der Waals surface area (Å²) in [6.45, 7) is 6.40. The number of carbonyl (C=O) groups excluding carboxylic acids is 1. The average molecular weight is 323 g/mol. The monoisotopic (exact) mass is 323 g/mol. The molecule has 4 heteroatoms. The number of rotatable bonds is 5.